The third kappa shape index (κ3) is 5.48. The molecule has 1 aliphatic rings. The summed E-state index contributed by atoms with van der Waals surface area (Å²) >= 11 is 5.87. The van der Waals surface area contributed by atoms with Crippen molar-refractivity contribution in [2.75, 3.05) is 34.4 Å². The van der Waals surface area contributed by atoms with E-state index >= 15 is 0 Å². The normalized spacial score (nSPS) is 15.0. The van der Waals surface area contributed by atoms with Crippen LogP contribution in [0, 0.1) is 5.92 Å². The van der Waals surface area contributed by atoms with Gasteiger partial charge in [-0.25, -0.2) is 8.42 Å². The molecule has 0 radical (unpaired) electrons. The minimum atomic E-state index is -3.63. The van der Waals surface area contributed by atoms with Gasteiger partial charge in [-0.1, -0.05) is 11.6 Å². The van der Waals surface area contributed by atoms with Gasteiger partial charge in [0.15, 0.2) is 11.5 Å². The summed E-state index contributed by atoms with van der Waals surface area (Å²) in [5.74, 6) is 1.32. The molecule has 3 aromatic rings. The molecular formula is C24H27ClN4O6S. The molecule has 0 unspecified atom stereocenters. The van der Waals surface area contributed by atoms with E-state index in [1.165, 1.54) is 21.3 Å². The predicted octanol–water partition coefficient (Wildman–Crippen LogP) is 3.47. The lowest BCUT2D eigenvalue weighted by Crippen LogP contribution is -2.43. The first-order chi connectivity index (χ1) is 17.2. The van der Waals surface area contributed by atoms with Gasteiger partial charge >= 0.3 is 0 Å². The van der Waals surface area contributed by atoms with Crippen LogP contribution in [0.4, 0.5) is 0 Å². The van der Waals surface area contributed by atoms with Crippen LogP contribution in [0.15, 0.2) is 51.8 Å². The number of methoxy groups -OCH3 is 2. The fourth-order valence-corrected chi connectivity index (χ4v) is 5.69. The highest BCUT2D eigenvalue weighted by Crippen LogP contribution is 2.32. The number of ether oxygens (including phenoxy) is 2. The van der Waals surface area contributed by atoms with Crippen LogP contribution in [0.5, 0.6) is 11.5 Å². The molecule has 1 saturated heterocycles. The van der Waals surface area contributed by atoms with Crippen molar-refractivity contribution in [3.8, 4) is 23.0 Å². The molecule has 2 aromatic carbocycles. The zero-order valence-corrected chi connectivity index (χ0v) is 21.8. The minimum Gasteiger partial charge on any atom is -0.493 e. The van der Waals surface area contributed by atoms with Crippen molar-refractivity contribution in [1.82, 2.24) is 19.4 Å². The largest absolute Gasteiger partial charge is 0.493 e. The molecule has 0 N–H and O–H groups in total. The van der Waals surface area contributed by atoms with Gasteiger partial charge in [-0.05, 0) is 55.3 Å². The molecule has 4 rings (SSSR count). The fourth-order valence-electron chi connectivity index (χ4n) is 4.09. The number of benzene rings is 2. The highest BCUT2D eigenvalue weighted by atomic mass is 35.5. The van der Waals surface area contributed by atoms with E-state index in [9.17, 15) is 13.2 Å². The first-order valence-electron chi connectivity index (χ1n) is 11.3. The summed E-state index contributed by atoms with van der Waals surface area (Å²) in [5.41, 5.74) is 0.662. The third-order valence-electron chi connectivity index (χ3n) is 6.10. The summed E-state index contributed by atoms with van der Waals surface area (Å²) < 4.78 is 43.5. The number of sulfonamides is 1. The van der Waals surface area contributed by atoms with Gasteiger partial charge in [-0.2, -0.15) is 4.31 Å². The standard InChI is InChI=1S/C24H27ClN4O6S/c1-28(15-22-26-27-23(35-22)17-4-9-20(33-2)21(14-17)34-3)24(30)16-10-12-29(13-11-16)36(31,32)19-7-5-18(25)6-8-19/h4-9,14,16H,10-13,15H2,1-3H3. The fraction of sp³-hybridized carbons (Fsp3) is 0.375. The summed E-state index contributed by atoms with van der Waals surface area (Å²) in [7, 11) is 1.13. The van der Waals surface area contributed by atoms with E-state index in [2.05, 4.69) is 10.2 Å². The van der Waals surface area contributed by atoms with Gasteiger partial charge < -0.3 is 18.8 Å². The number of rotatable bonds is 8. The molecule has 1 amide bonds. The Morgan fingerprint density at radius 3 is 2.39 bits per heavy atom. The van der Waals surface area contributed by atoms with Crippen molar-refractivity contribution >= 4 is 27.5 Å². The van der Waals surface area contributed by atoms with Crippen molar-refractivity contribution < 1.29 is 27.1 Å². The lowest BCUT2D eigenvalue weighted by Gasteiger charge is -2.32. The molecule has 10 nitrogen and oxygen atoms in total. The molecule has 1 aliphatic heterocycles. The molecular weight excluding hydrogens is 508 g/mol. The van der Waals surface area contributed by atoms with Crippen molar-refractivity contribution in [2.45, 2.75) is 24.3 Å². The Morgan fingerprint density at radius 1 is 1.08 bits per heavy atom. The van der Waals surface area contributed by atoms with E-state index in [0.717, 1.165) is 0 Å². The SMILES string of the molecule is COc1ccc(-c2nnc(CN(C)C(=O)C3CCN(S(=O)(=O)c4ccc(Cl)cc4)CC3)o2)cc1OC. The topological polar surface area (TPSA) is 115 Å². The van der Waals surface area contributed by atoms with E-state index in [-0.39, 0.29) is 36.4 Å². The van der Waals surface area contributed by atoms with Crippen LogP contribution in [0.25, 0.3) is 11.5 Å². The Bertz CT molecular complexity index is 1320. The summed E-state index contributed by atoms with van der Waals surface area (Å²) in [6, 6.07) is 11.3. The van der Waals surface area contributed by atoms with E-state index < -0.39 is 10.0 Å². The first-order valence-corrected chi connectivity index (χ1v) is 13.1. The molecule has 0 bridgehead atoms. The number of hydrogen-bond acceptors (Lipinski definition) is 8. The maximum Gasteiger partial charge on any atom is 0.247 e. The second-order valence-electron chi connectivity index (χ2n) is 8.40. The van der Waals surface area contributed by atoms with Crippen molar-refractivity contribution in [3.63, 3.8) is 0 Å². The summed E-state index contributed by atoms with van der Waals surface area (Å²) in [6.45, 7) is 0.667. The number of halogens is 1. The van der Waals surface area contributed by atoms with Crippen molar-refractivity contribution in [3.05, 3.63) is 53.4 Å². The van der Waals surface area contributed by atoms with Crippen LogP contribution in [-0.2, 0) is 21.4 Å². The van der Waals surface area contributed by atoms with E-state index in [0.29, 0.717) is 46.7 Å². The first kappa shape index (κ1) is 25.9. The quantitative estimate of drug-likeness (QED) is 0.431. The van der Waals surface area contributed by atoms with Gasteiger partial charge in [0.1, 0.15) is 0 Å². The molecule has 2 heterocycles. The third-order valence-corrected chi connectivity index (χ3v) is 8.27. The van der Waals surface area contributed by atoms with Crippen LogP contribution in [-0.4, -0.2) is 68.1 Å². The molecule has 1 aromatic heterocycles. The van der Waals surface area contributed by atoms with Gasteiger partial charge in [0.05, 0.1) is 25.7 Å². The second kappa shape index (κ2) is 10.9. The Hall–Kier alpha value is -3.15. The van der Waals surface area contributed by atoms with E-state index in [1.807, 2.05) is 0 Å². The minimum absolute atomic E-state index is 0.0931. The molecule has 1 fully saturated rings. The van der Waals surface area contributed by atoms with Crippen LogP contribution in [0.2, 0.25) is 5.02 Å². The lowest BCUT2D eigenvalue weighted by molar-refractivity contribution is -0.136. The Balaban J connectivity index is 1.35. The van der Waals surface area contributed by atoms with E-state index in [1.54, 1.807) is 51.6 Å². The molecule has 36 heavy (non-hydrogen) atoms. The smallest absolute Gasteiger partial charge is 0.247 e. The maximum atomic E-state index is 13.0. The Kier molecular flexibility index (Phi) is 7.82. The number of hydrogen-bond donors (Lipinski definition) is 0. The molecule has 12 heteroatoms. The number of piperidine rings is 1. The van der Waals surface area contributed by atoms with Crippen LogP contribution in [0.1, 0.15) is 18.7 Å². The predicted molar refractivity (Wildman–Crippen MR) is 132 cm³/mol. The second-order valence-corrected chi connectivity index (χ2v) is 10.8. The highest BCUT2D eigenvalue weighted by molar-refractivity contribution is 7.89. The number of carbonyl (C=O) groups is 1. The number of amides is 1. The summed E-state index contributed by atoms with van der Waals surface area (Å²) in [4.78, 5) is 14.7. The summed E-state index contributed by atoms with van der Waals surface area (Å²) in [5, 5.41) is 8.61. The number of carbonyl (C=O) groups excluding carboxylic acids is 1. The monoisotopic (exact) mass is 534 g/mol. The lowest BCUT2D eigenvalue weighted by atomic mass is 9.97. The number of aromatic nitrogens is 2. The molecule has 0 atom stereocenters. The molecule has 0 spiro atoms. The van der Waals surface area contributed by atoms with Crippen LogP contribution in [0.3, 0.4) is 0 Å². The zero-order chi connectivity index (χ0) is 25.9. The average Bonchev–Trinajstić information content (AvgIpc) is 3.36. The molecule has 0 saturated carbocycles. The van der Waals surface area contributed by atoms with Gasteiger partial charge in [-0.3, -0.25) is 4.79 Å². The van der Waals surface area contributed by atoms with Gasteiger partial charge in [0.25, 0.3) is 0 Å². The van der Waals surface area contributed by atoms with Gasteiger partial charge in [-0.15, -0.1) is 10.2 Å². The number of nitrogens with zero attached hydrogens (tertiary/aromatic N) is 4. The van der Waals surface area contributed by atoms with E-state index in [4.69, 9.17) is 25.5 Å². The maximum absolute atomic E-state index is 13.0. The van der Waals surface area contributed by atoms with Gasteiger partial charge in [0.2, 0.25) is 27.7 Å². The molecule has 0 aliphatic carbocycles. The van der Waals surface area contributed by atoms with Crippen LogP contribution < -0.4 is 9.47 Å². The molecule has 192 valence electrons. The Labute approximate surface area is 214 Å². The summed E-state index contributed by atoms with van der Waals surface area (Å²) in [6.07, 6.45) is 0.855. The van der Waals surface area contributed by atoms with Crippen LogP contribution >= 0.6 is 11.6 Å². The van der Waals surface area contributed by atoms with Crippen molar-refractivity contribution in [1.29, 1.82) is 0 Å². The van der Waals surface area contributed by atoms with Gasteiger partial charge in [0, 0.05) is 36.6 Å². The average molecular weight is 535 g/mol. The van der Waals surface area contributed by atoms with Crippen molar-refractivity contribution in [2.24, 2.45) is 5.92 Å². The Morgan fingerprint density at radius 2 is 1.75 bits per heavy atom. The highest BCUT2D eigenvalue weighted by Gasteiger charge is 2.33. The zero-order valence-electron chi connectivity index (χ0n) is 20.2.